The first-order valence-corrected chi connectivity index (χ1v) is 11.5. The maximum atomic E-state index is 12.7. The third kappa shape index (κ3) is 3.68. The summed E-state index contributed by atoms with van der Waals surface area (Å²) in [5.74, 6) is 0.680. The van der Waals surface area contributed by atoms with Crippen molar-refractivity contribution in [2.45, 2.75) is 19.0 Å². The molecule has 0 aliphatic carbocycles. The highest BCUT2D eigenvalue weighted by Gasteiger charge is 2.34. The first-order chi connectivity index (χ1) is 12.4. The molecule has 2 saturated heterocycles. The molecule has 4 rings (SSSR count). The monoisotopic (exact) mass is 439 g/mol. The van der Waals surface area contributed by atoms with E-state index in [9.17, 15) is 13.2 Å². The molecule has 2 aliphatic heterocycles. The van der Waals surface area contributed by atoms with Crippen molar-refractivity contribution in [3.63, 3.8) is 0 Å². The molecule has 1 atom stereocenters. The Hall–Kier alpha value is -1.38. The molecule has 2 aromatic rings. The minimum atomic E-state index is -2.86. The van der Waals surface area contributed by atoms with Crippen LogP contribution in [-0.2, 0) is 21.2 Å². The van der Waals surface area contributed by atoms with Crippen LogP contribution in [0, 0.1) is 0 Å². The molecule has 3 heterocycles. The molecular formula is C18H22BrN3O3S. The second-order valence-electron chi connectivity index (χ2n) is 7.12. The van der Waals surface area contributed by atoms with Crippen LogP contribution in [0.25, 0.3) is 10.9 Å². The SMILES string of the molecule is O=C(Cn1ccc2ccc(Br)cc21)N1CCN([C@@H]2CCS(=O)(=O)C2)CC1. The van der Waals surface area contributed by atoms with Gasteiger partial charge in [-0.15, -0.1) is 0 Å². The molecule has 8 heteroatoms. The van der Waals surface area contributed by atoms with Gasteiger partial charge in [0.15, 0.2) is 9.84 Å². The van der Waals surface area contributed by atoms with Crippen molar-refractivity contribution in [3.05, 3.63) is 34.9 Å². The summed E-state index contributed by atoms with van der Waals surface area (Å²) in [6, 6.07) is 8.21. The van der Waals surface area contributed by atoms with Gasteiger partial charge in [0.25, 0.3) is 0 Å². The van der Waals surface area contributed by atoms with Gasteiger partial charge in [-0.2, -0.15) is 0 Å². The summed E-state index contributed by atoms with van der Waals surface area (Å²) in [4.78, 5) is 16.8. The van der Waals surface area contributed by atoms with E-state index in [4.69, 9.17) is 0 Å². The molecule has 26 heavy (non-hydrogen) atoms. The van der Waals surface area contributed by atoms with Crippen LogP contribution in [0.15, 0.2) is 34.9 Å². The van der Waals surface area contributed by atoms with Crippen LogP contribution in [-0.4, -0.2) is 72.4 Å². The van der Waals surface area contributed by atoms with Gasteiger partial charge in [0.1, 0.15) is 6.54 Å². The molecular weight excluding hydrogens is 418 g/mol. The number of hydrogen-bond donors (Lipinski definition) is 0. The Labute approximate surface area is 161 Å². The smallest absolute Gasteiger partial charge is 0.242 e. The molecule has 6 nitrogen and oxygen atoms in total. The fourth-order valence-electron chi connectivity index (χ4n) is 3.94. The quantitative estimate of drug-likeness (QED) is 0.730. The number of carbonyl (C=O) groups excluding carboxylic acids is 1. The number of sulfone groups is 1. The number of rotatable bonds is 3. The van der Waals surface area contributed by atoms with Gasteiger partial charge < -0.3 is 9.47 Å². The Morgan fingerprint density at radius 3 is 2.62 bits per heavy atom. The van der Waals surface area contributed by atoms with Crippen LogP contribution in [0.4, 0.5) is 0 Å². The minimum Gasteiger partial charge on any atom is -0.339 e. The first kappa shape index (κ1) is 18.0. The topological polar surface area (TPSA) is 62.6 Å². The third-order valence-electron chi connectivity index (χ3n) is 5.43. The lowest BCUT2D eigenvalue weighted by Crippen LogP contribution is -2.52. The predicted molar refractivity (Wildman–Crippen MR) is 105 cm³/mol. The van der Waals surface area contributed by atoms with E-state index in [-0.39, 0.29) is 17.7 Å². The minimum absolute atomic E-state index is 0.112. The van der Waals surface area contributed by atoms with Gasteiger partial charge in [-0.3, -0.25) is 9.69 Å². The molecule has 140 valence electrons. The van der Waals surface area contributed by atoms with Gasteiger partial charge in [-0.25, -0.2) is 8.42 Å². The lowest BCUT2D eigenvalue weighted by atomic mass is 10.2. The van der Waals surface area contributed by atoms with Crippen LogP contribution in [0.1, 0.15) is 6.42 Å². The number of aromatic nitrogens is 1. The standard InChI is InChI=1S/C18H22BrN3O3S/c19-15-2-1-14-3-5-22(17(14)11-15)12-18(23)21-8-6-20(7-9-21)16-4-10-26(24,25)13-16/h1-3,5,11,16H,4,6-10,12-13H2/t16-/m1/s1. The molecule has 2 fully saturated rings. The second-order valence-corrected chi connectivity index (χ2v) is 10.3. The fraction of sp³-hybridized carbons (Fsp3) is 0.500. The molecule has 0 unspecified atom stereocenters. The summed E-state index contributed by atoms with van der Waals surface area (Å²) < 4.78 is 26.3. The first-order valence-electron chi connectivity index (χ1n) is 8.88. The molecule has 1 amide bonds. The summed E-state index contributed by atoms with van der Waals surface area (Å²) >= 11 is 3.48. The van der Waals surface area contributed by atoms with Crippen LogP contribution < -0.4 is 0 Å². The second kappa shape index (κ2) is 6.98. The normalized spacial score (nSPS) is 23.6. The summed E-state index contributed by atoms with van der Waals surface area (Å²) in [6.45, 7) is 3.17. The molecule has 0 bridgehead atoms. The molecule has 2 aliphatic rings. The number of halogens is 1. The van der Waals surface area contributed by atoms with E-state index in [0.717, 1.165) is 34.9 Å². The number of carbonyl (C=O) groups is 1. The Morgan fingerprint density at radius 1 is 1.15 bits per heavy atom. The summed E-state index contributed by atoms with van der Waals surface area (Å²) in [6.07, 6.45) is 2.68. The zero-order valence-electron chi connectivity index (χ0n) is 14.5. The maximum Gasteiger partial charge on any atom is 0.242 e. The molecule has 0 spiro atoms. The van der Waals surface area contributed by atoms with Crippen LogP contribution in [0.3, 0.4) is 0 Å². The van der Waals surface area contributed by atoms with Crippen molar-refractivity contribution in [2.24, 2.45) is 0 Å². The van der Waals surface area contributed by atoms with Gasteiger partial charge in [0, 0.05) is 48.4 Å². The van der Waals surface area contributed by atoms with Crippen molar-refractivity contribution < 1.29 is 13.2 Å². The Bertz CT molecular complexity index is 932. The average Bonchev–Trinajstić information content (AvgIpc) is 3.18. The van der Waals surface area contributed by atoms with E-state index >= 15 is 0 Å². The van der Waals surface area contributed by atoms with Crippen molar-refractivity contribution in [2.75, 3.05) is 37.7 Å². The fourth-order valence-corrected chi connectivity index (χ4v) is 6.05. The maximum absolute atomic E-state index is 12.7. The highest BCUT2D eigenvalue weighted by molar-refractivity contribution is 9.10. The average molecular weight is 440 g/mol. The van der Waals surface area contributed by atoms with Gasteiger partial charge in [0.05, 0.1) is 11.5 Å². The Kier molecular flexibility index (Phi) is 4.83. The van der Waals surface area contributed by atoms with E-state index in [0.29, 0.717) is 25.4 Å². The Balaban J connectivity index is 1.37. The number of amides is 1. The van der Waals surface area contributed by atoms with Crippen LogP contribution in [0.2, 0.25) is 0 Å². The number of fused-ring (bicyclic) bond motifs is 1. The zero-order chi connectivity index (χ0) is 18.3. The number of benzene rings is 1. The van der Waals surface area contributed by atoms with Gasteiger partial charge >= 0.3 is 0 Å². The van der Waals surface area contributed by atoms with Gasteiger partial charge in [-0.05, 0) is 30.0 Å². The molecule has 1 aromatic heterocycles. The van der Waals surface area contributed by atoms with E-state index in [1.165, 1.54) is 0 Å². The van der Waals surface area contributed by atoms with Crippen molar-refractivity contribution >= 4 is 42.6 Å². The highest BCUT2D eigenvalue weighted by Crippen LogP contribution is 2.22. The van der Waals surface area contributed by atoms with Gasteiger partial charge in [0.2, 0.25) is 5.91 Å². The molecule has 0 radical (unpaired) electrons. The lowest BCUT2D eigenvalue weighted by Gasteiger charge is -2.37. The summed E-state index contributed by atoms with van der Waals surface area (Å²) in [5, 5.41) is 1.12. The predicted octanol–water partition coefficient (Wildman–Crippen LogP) is 1.74. The molecule has 0 N–H and O–H groups in total. The zero-order valence-corrected chi connectivity index (χ0v) is 16.9. The van der Waals surface area contributed by atoms with Crippen LogP contribution in [0.5, 0.6) is 0 Å². The molecule has 1 aromatic carbocycles. The Morgan fingerprint density at radius 2 is 1.92 bits per heavy atom. The largest absolute Gasteiger partial charge is 0.339 e. The lowest BCUT2D eigenvalue weighted by molar-refractivity contribution is -0.133. The van der Waals surface area contributed by atoms with E-state index in [1.54, 1.807) is 0 Å². The van der Waals surface area contributed by atoms with Gasteiger partial charge in [-0.1, -0.05) is 22.0 Å². The van der Waals surface area contributed by atoms with Crippen molar-refractivity contribution in [1.29, 1.82) is 0 Å². The molecule has 0 saturated carbocycles. The number of nitrogens with zero attached hydrogens (tertiary/aromatic N) is 3. The van der Waals surface area contributed by atoms with Crippen molar-refractivity contribution in [3.8, 4) is 0 Å². The highest BCUT2D eigenvalue weighted by atomic mass is 79.9. The number of hydrogen-bond acceptors (Lipinski definition) is 4. The third-order valence-corrected chi connectivity index (χ3v) is 7.68. The van der Waals surface area contributed by atoms with E-state index < -0.39 is 9.84 Å². The summed E-state index contributed by atoms with van der Waals surface area (Å²) in [7, 11) is -2.86. The van der Waals surface area contributed by atoms with Crippen LogP contribution >= 0.6 is 15.9 Å². The number of piperazine rings is 1. The van der Waals surface area contributed by atoms with Crippen molar-refractivity contribution in [1.82, 2.24) is 14.4 Å². The van der Waals surface area contributed by atoms with E-state index in [1.807, 2.05) is 39.9 Å². The van der Waals surface area contributed by atoms with E-state index in [2.05, 4.69) is 20.8 Å². The summed E-state index contributed by atoms with van der Waals surface area (Å²) in [5.41, 5.74) is 1.04.